The molecule has 0 heterocycles. The maximum Gasteiger partial charge on any atom is 0.142 e. The Hall–Kier alpha value is -0.630. The van der Waals surface area contributed by atoms with E-state index < -0.39 is 11.8 Å². The van der Waals surface area contributed by atoms with Crippen LogP contribution in [0.15, 0.2) is 30.3 Å². The van der Waals surface area contributed by atoms with Crippen LogP contribution >= 0.6 is 7.14 Å². The fourth-order valence-electron chi connectivity index (χ4n) is 3.33. The highest BCUT2D eigenvalue weighted by atomic mass is 31.2. The first-order valence-corrected chi connectivity index (χ1v) is 10.0. The average Bonchev–Trinajstić information content (AvgIpc) is 2.46. The Morgan fingerprint density at radius 2 is 1.57 bits per heavy atom. The van der Waals surface area contributed by atoms with Crippen molar-refractivity contribution in [2.75, 3.05) is 19.4 Å². The fourth-order valence-corrected chi connectivity index (χ4v) is 5.81. The van der Waals surface area contributed by atoms with Gasteiger partial charge in [0.05, 0.1) is 7.05 Å². The normalized spacial score (nSPS) is 18.3. The van der Waals surface area contributed by atoms with Gasteiger partial charge < -0.3 is 14.4 Å². The largest absolute Gasteiger partial charge is 0.632 e. The minimum absolute atomic E-state index is 0.187. The smallest absolute Gasteiger partial charge is 0.142 e. The van der Waals surface area contributed by atoms with Crippen molar-refractivity contribution < 1.29 is 9.21 Å². The lowest BCUT2D eigenvalue weighted by Crippen LogP contribution is -2.50. The van der Waals surface area contributed by atoms with Crippen molar-refractivity contribution in [1.29, 1.82) is 0 Å². The van der Waals surface area contributed by atoms with Crippen molar-refractivity contribution in [3.63, 3.8) is 0 Å². The molecule has 0 amide bonds. The molecule has 1 aromatic rings. The van der Waals surface area contributed by atoms with Crippen LogP contribution in [-0.2, 0) is 4.57 Å². The molecule has 0 aromatic heterocycles. The minimum atomic E-state index is -2.45. The molecular formula is C17H30NO2P. The van der Waals surface area contributed by atoms with Crippen LogP contribution in [0.25, 0.3) is 0 Å². The predicted octanol–water partition coefficient (Wildman–Crippen LogP) is 5.08. The molecule has 120 valence electrons. The summed E-state index contributed by atoms with van der Waals surface area (Å²) in [6.45, 7) is 9.89. The van der Waals surface area contributed by atoms with E-state index in [1.807, 2.05) is 51.1 Å². The van der Waals surface area contributed by atoms with Gasteiger partial charge >= 0.3 is 0 Å². The molecule has 3 unspecified atom stereocenters. The standard InChI is InChI=1S/C17H30NO2P/c1-7-21(20,8-2)15(5)18(6,19)17(14(3)4)16-12-10-9-11-13-16/h9-15,17H,7-8H2,1-6H3. The quantitative estimate of drug-likeness (QED) is 0.400. The third kappa shape index (κ3) is 3.77. The summed E-state index contributed by atoms with van der Waals surface area (Å²) >= 11 is 0. The summed E-state index contributed by atoms with van der Waals surface area (Å²) in [6, 6.07) is 9.72. The van der Waals surface area contributed by atoms with Crippen LogP contribution in [0.2, 0.25) is 0 Å². The summed E-state index contributed by atoms with van der Waals surface area (Å²) in [5, 5.41) is 13.5. The Morgan fingerprint density at radius 1 is 1.10 bits per heavy atom. The summed E-state index contributed by atoms with van der Waals surface area (Å²) in [7, 11) is -0.753. The van der Waals surface area contributed by atoms with E-state index in [0.717, 1.165) is 5.56 Å². The van der Waals surface area contributed by atoms with E-state index in [2.05, 4.69) is 13.8 Å². The molecule has 4 heteroatoms. The van der Waals surface area contributed by atoms with Crippen LogP contribution in [-0.4, -0.2) is 29.8 Å². The van der Waals surface area contributed by atoms with Gasteiger partial charge in [-0.1, -0.05) is 58.0 Å². The summed E-state index contributed by atoms with van der Waals surface area (Å²) in [5.74, 6) is -0.181. The fraction of sp³-hybridized carbons (Fsp3) is 0.647. The molecule has 1 rings (SSSR count). The van der Waals surface area contributed by atoms with Crippen LogP contribution in [0.1, 0.15) is 46.2 Å². The lowest BCUT2D eigenvalue weighted by molar-refractivity contribution is -0.906. The zero-order chi connectivity index (χ0) is 16.3. The van der Waals surface area contributed by atoms with E-state index in [4.69, 9.17) is 0 Å². The number of hydroxylamine groups is 3. The number of rotatable bonds is 7. The third-order valence-corrected chi connectivity index (χ3v) is 8.78. The Morgan fingerprint density at radius 3 is 1.95 bits per heavy atom. The second-order valence-corrected chi connectivity index (χ2v) is 10.3. The molecule has 1 aromatic carbocycles. The Labute approximate surface area is 129 Å². The summed E-state index contributed by atoms with van der Waals surface area (Å²) in [6.07, 6.45) is 1.20. The highest BCUT2D eigenvalue weighted by Crippen LogP contribution is 2.55. The van der Waals surface area contributed by atoms with Gasteiger partial charge in [0.1, 0.15) is 19.0 Å². The van der Waals surface area contributed by atoms with Crippen molar-refractivity contribution in [1.82, 2.24) is 0 Å². The van der Waals surface area contributed by atoms with Crippen molar-refractivity contribution in [3.8, 4) is 0 Å². The van der Waals surface area contributed by atoms with Crippen LogP contribution in [0.4, 0.5) is 0 Å². The van der Waals surface area contributed by atoms with Gasteiger partial charge in [0, 0.05) is 23.8 Å². The average molecular weight is 311 g/mol. The van der Waals surface area contributed by atoms with E-state index in [-0.39, 0.29) is 17.7 Å². The van der Waals surface area contributed by atoms with Crippen LogP contribution in [0, 0.1) is 11.1 Å². The molecule has 0 N–H and O–H groups in total. The molecule has 0 aliphatic heterocycles. The summed E-state index contributed by atoms with van der Waals surface area (Å²) in [4.78, 5) is 0. The van der Waals surface area contributed by atoms with E-state index >= 15 is 0 Å². The van der Waals surface area contributed by atoms with Crippen LogP contribution < -0.4 is 0 Å². The van der Waals surface area contributed by atoms with Gasteiger partial charge in [0.15, 0.2) is 0 Å². The summed E-state index contributed by atoms with van der Waals surface area (Å²) in [5.41, 5.74) is 1.04. The van der Waals surface area contributed by atoms with Crippen molar-refractivity contribution in [2.24, 2.45) is 5.92 Å². The number of hydrogen-bond acceptors (Lipinski definition) is 2. The minimum Gasteiger partial charge on any atom is -0.632 e. The van der Waals surface area contributed by atoms with Gasteiger partial charge in [-0.15, -0.1) is 0 Å². The second kappa shape index (κ2) is 7.09. The zero-order valence-electron chi connectivity index (χ0n) is 14.2. The first-order valence-electron chi connectivity index (χ1n) is 7.90. The predicted molar refractivity (Wildman–Crippen MR) is 91.7 cm³/mol. The topological polar surface area (TPSA) is 40.1 Å². The van der Waals surface area contributed by atoms with Crippen molar-refractivity contribution in [2.45, 2.75) is 46.4 Å². The molecule has 0 fully saturated rings. The van der Waals surface area contributed by atoms with Gasteiger partial charge in [0.2, 0.25) is 0 Å². The Balaban J connectivity index is 3.26. The molecule has 0 spiro atoms. The van der Waals surface area contributed by atoms with E-state index in [1.165, 1.54) is 0 Å². The number of quaternary nitrogens is 1. The van der Waals surface area contributed by atoms with Crippen LogP contribution in [0.5, 0.6) is 0 Å². The van der Waals surface area contributed by atoms with E-state index in [0.29, 0.717) is 12.3 Å². The van der Waals surface area contributed by atoms with Gasteiger partial charge in [-0.25, -0.2) is 0 Å². The van der Waals surface area contributed by atoms with Gasteiger partial charge in [-0.3, -0.25) is 0 Å². The summed E-state index contributed by atoms with van der Waals surface area (Å²) < 4.78 is 12.6. The van der Waals surface area contributed by atoms with Crippen molar-refractivity contribution >= 4 is 7.14 Å². The zero-order valence-corrected chi connectivity index (χ0v) is 15.1. The molecule has 0 radical (unpaired) electrons. The molecule has 3 nitrogen and oxygen atoms in total. The molecule has 0 saturated heterocycles. The molecular weight excluding hydrogens is 281 g/mol. The molecule has 3 atom stereocenters. The first kappa shape index (κ1) is 18.4. The molecule has 21 heavy (non-hydrogen) atoms. The van der Waals surface area contributed by atoms with Gasteiger partial charge in [0.25, 0.3) is 0 Å². The first-order chi connectivity index (χ1) is 9.70. The Bertz CT molecular complexity index is 477. The number of nitrogens with zero attached hydrogens (tertiary/aromatic N) is 1. The number of benzene rings is 1. The SMILES string of the molecule is CCP(=O)(CC)C(C)[N+](C)([O-])C(c1ccccc1)C(C)C. The highest BCUT2D eigenvalue weighted by molar-refractivity contribution is 7.64. The second-order valence-electron chi connectivity index (χ2n) is 6.38. The lowest BCUT2D eigenvalue weighted by atomic mass is 9.94. The van der Waals surface area contributed by atoms with Gasteiger partial charge in [-0.2, -0.15) is 0 Å². The molecule has 0 aliphatic carbocycles. The monoisotopic (exact) mass is 311 g/mol. The van der Waals surface area contributed by atoms with E-state index in [1.54, 1.807) is 7.05 Å². The van der Waals surface area contributed by atoms with Gasteiger partial charge in [-0.05, 0) is 6.92 Å². The maximum absolute atomic E-state index is 13.5. The maximum atomic E-state index is 13.5. The van der Waals surface area contributed by atoms with Crippen LogP contribution in [0.3, 0.4) is 0 Å². The number of hydrogen-bond donors (Lipinski definition) is 0. The highest BCUT2D eigenvalue weighted by Gasteiger charge is 2.42. The van der Waals surface area contributed by atoms with E-state index in [9.17, 15) is 9.77 Å². The lowest BCUT2D eigenvalue weighted by Gasteiger charge is -2.53. The third-order valence-electron chi connectivity index (χ3n) is 4.82. The van der Waals surface area contributed by atoms with Crippen molar-refractivity contribution in [3.05, 3.63) is 41.1 Å². The molecule has 0 bridgehead atoms. The molecule has 0 aliphatic rings. The Kier molecular flexibility index (Phi) is 6.22. The molecule has 0 saturated carbocycles.